The Morgan fingerprint density at radius 1 is 1.15 bits per heavy atom. The van der Waals surface area contributed by atoms with Crippen molar-refractivity contribution in [3.63, 3.8) is 0 Å². The van der Waals surface area contributed by atoms with Gasteiger partial charge in [0.15, 0.2) is 0 Å². The average molecular weight is 183 g/mol. The minimum Gasteiger partial charge on any atom is -0.316 e. The zero-order valence-electron chi connectivity index (χ0n) is 9.31. The number of nitrogens with one attached hydrogen (secondary N) is 1. The van der Waals surface area contributed by atoms with Gasteiger partial charge in [-0.15, -0.1) is 0 Å². The van der Waals surface area contributed by atoms with Gasteiger partial charge in [-0.1, -0.05) is 39.5 Å². The molecule has 0 aliphatic carbocycles. The van der Waals surface area contributed by atoms with E-state index >= 15 is 0 Å². The van der Waals surface area contributed by atoms with Crippen LogP contribution in [-0.2, 0) is 0 Å². The van der Waals surface area contributed by atoms with Gasteiger partial charge in [-0.2, -0.15) is 0 Å². The average Bonchev–Trinajstić information content (AvgIpc) is 2.13. The van der Waals surface area contributed by atoms with Crippen LogP contribution in [0.3, 0.4) is 0 Å². The second-order valence-electron chi connectivity index (χ2n) is 4.71. The van der Waals surface area contributed by atoms with Crippen LogP contribution in [0.25, 0.3) is 0 Å². The van der Waals surface area contributed by atoms with Gasteiger partial charge in [0, 0.05) is 0 Å². The fourth-order valence-electron chi connectivity index (χ4n) is 2.35. The highest BCUT2D eigenvalue weighted by Gasteiger charge is 2.17. The van der Waals surface area contributed by atoms with E-state index in [1.807, 2.05) is 0 Å². The Bertz CT molecular complexity index is 122. The Labute approximate surface area is 83.3 Å². The zero-order valence-corrected chi connectivity index (χ0v) is 9.31. The third-order valence-electron chi connectivity index (χ3n) is 3.13. The standard InChI is InChI=1S/C12H25N/c1-3-4-5-6-7-12-8-11(2)9-13-10-12/h11-13H,3-10H2,1-2H3/t11-,12?/m0/s1. The quantitative estimate of drug-likeness (QED) is 0.645. The lowest BCUT2D eigenvalue weighted by Gasteiger charge is -2.27. The van der Waals surface area contributed by atoms with Gasteiger partial charge in [0.1, 0.15) is 0 Å². The molecule has 2 atom stereocenters. The molecule has 0 spiro atoms. The molecule has 0 aromatic rings. The molecular weight excluding hydrogens is 158 g/mol. The maximum atomic E-state index is 3.53. The van der Waals surface area contributed by atoms with E-state index in [1.165, 1.54) is 51.6 Å². The molecule has 1 aliphatic heterocycles. The van der Waals surface area contributed by atoms with Crippen molar-refractivity contribution in [1.82, 2.24) is 5.32 Å². The maximum Gasteiger partial charge on any atom is -0.00203 e. The summed E-state index contributed by atoms with van der Waals surface area (Å²) >= 11 is 0. The van der Waals surface area contributed by atoms with Gasteiger partial charge >= 0.3 is 0 Å². The van der Waals surface area contributed by atoms with Crippen LogP contribution in [0.1, 0.15) is 52.4 Å². The van der Waals surface area contributed by atoms with Crippen LogP contribution in [-0.4, -0.2) is 13.1 Å². The normalized spacial score (nSPS) is 29.1. The van der Waals surface area contributed by atoms with Crippen molar-refractivity contribution in [2.24, 2.45) is 11.8 Å². The fraction of sp³-hybridized carbons (Fsp3) is 1.00. The number of rotatable bonds is 5. The predicted molar refractivity (Wildman–Crippen MR) is 58.9 cm³/mol. The predicted octanol–water partition coefficient (Wildman–Crippen LogP) is 3.20. The Kier molecular flexibility index (Phi) is 5.45. The van der Waals surface area contributed by atoms with Crippen molar-refractivity contribution in [2.75, 3.05) is 13.1 Å². The minimum atomic E-state index is 0.907. The van der Waals surface area contributed by atoms with Gasteiger partial charge in [-0.05, 0) is 37.8 Å². The molecule has 0 bridgehead atoms. The summed E-state index contributed by atoms with van der Waals surface area (Å²) in [4.78, 5) is 0. The monoisotopic (exact) mass is 183 g/mol. The number of piperidine rings is 1. The number of unbranched alkanes of at least 4 members (excludes halogenated alkanes) is 3. The SMILES string of the molecule is CCCCCCC1CNC[C@@H](C)C1. The van der Waals surface area contributed by atoms with Crippen molar-refractivity contribution in [3.05, 3.63) is 0 Å². The van der Waals surface area contributed by atoms with Crippen molar-refractivity contribution in [2.45, 2.75) is 52.4 Å². The molecule has 1 unspecified atom stereocenters. The molecule has 1 N–H and O–H groups in total. The van der Waals surface area contributed by atoms with Gasteiger partial charge < -0.3 is 5.32 Å². The highest BCUT2D eigenvalue weighted by Crippen LogP contribution is 2.21. The second-order valence-corrected chi connectivity index (χ2v) is 4.71. The van der Waals surface area contributed by atoms with Crippen LogP contribution in [0.5, 0.6) is 0 Å². The van der Waals surface area contributed by atoms with E-state index in [2.05, 4.69) is 19.2 Å². The summed E-state index contributed by atoms with van der Waals surface area (Å²) in [5.41, 5.74) is 0. The Balaban J connectivity index is 2.00. The molecular formula is C12H25N. The van der Waals surface area contributed by atoms with Crippen molar-refractivity contribution in [1.29, 1.82) is 0 Å². The van der Waals surface area contributed by atoms with Gasteiger partial charge in [-0.3, -0.25) is 0 Å². The summed E-state index contributed by atoms with van der Waals surface area (Å²) in [6.45, 7) is 7.16. The van der Waals surface area contributed by atoms with Crippen LogP contribution in [0.2, 0.25) is 0 Å². The summed E-state index contributed by atoms with van der Waals surface area (Å²) in [7, 11) is 0. The lowest BCUT2D eigenvalue weighted by Crippen LogP contribution is -2.34. The van der Waals surface area contributed by atoms with Crippen molar-refractivity contribution < 1.29 is 0 Å². The summed E-state index contributed by atoms with van der Waals surface area (Å²) in [5.74, 6) is 1.88. The second kappa shape index (κ2) is 6.42. The van der Waals surface area contributed by atoms with Gasteiger partial charge in [0.25, 0.3) is 0 Å². The smallest absolute Gasteiger partial charge is 0.00203 e. The first-order chi connectivity index (χ1) is 6.33. The van der Waals surface area contributed by atoms with E-state index in [0.29, 0.717) is 0 Å². The van der Waals surface area contributed by atoms with Crippen molar-refractivity contribution >= 4 is 0 Å². The van der Waals surface area contributed by atoms with Crippen LogP contribution < -0.4 is 5.32 Å². The molecule has 0 saturated carbocycles. The third-order valence-corrected chi connectivity index (χ3v) is 3.13. The third kappa shape index (κ3) is 4.66. The molecule has 0 radical (unpaired) electrons. The lowest BCUT2D eigenvalue weighted by molar-refractivity contribution is 0.283. The summed E-state index contributed by atoms with van der Waals surface area (Å²) in [6, 6.07) is 0. The number of hydrogen-bond donors (Lipinski definition) is 1. The van der Waals surface area contributed by atoms with E-state index in [4.69, 9.17) is 0 Å². The molecule has 1 rings (SSSR count). The fourth-order valence-corrected chi connectivity index (χ4v) is 2.35. The molecule has 1 heterocycles. The molecule has 0 aromatic heterocycles. The molecule has 1 saturated heterocycles. The largest absolute Gasteiger partial charge is 0.316 e. The first kappa shape index (κ1) is 11.0. The van der Waals surface area contributed by atoms with E-state index in [1.54, 1.807) is 0 Å². The van der Waals surface area contributed by atoms with Gasteiger partial charge in [-0.25, -0.2) is 0 Å². The highest BCUT2D eigenvalue weighted by molar-refractivity contribution is 4.73. The van der Waals surface area contributed by atoms with Crippen molar-refractivity contribution in [3.8, 4) is 0 Å². The molecule has 13 heavy (non-hydrogen) atoms. The summed E-state index contributed by atoms with van der Waals surface area (Å²) in [6.07, 6.45) is 8.60. The zero-order chi connectivity index (χ0) is 9.52. The minimum absolute atomic E-state index is 0.907. The Morgan fingerprint density at radius 2 is 2.00 bits per heavy atom. The molecule has 1 aliphatic rings. The molecule has 1 nitrogen and oxygen atoms in total. The van der Waals surface area contributed by atoms with Crippen LogP contribution in [0.4, 0.5) is 0 Å². The molecule has 0 amide bonds. The Morgan fingerprint density at radius 3 is 2.69 bits per heavy atom. The Hall–Kier alpha value is -0.0400. The van der Waals surface area contributed by atoms with Crippen LogP contribution in [0.15, 0.2) is 0 Å². The summed E-state index contributed by atoms with van der Waals surface area (Å²) in [5, 5.41) is 3.53. The molecule has 1 fully saturated rings. The van der Waals surface area contributed by atoms with Crippen LogP contribution in [0, 0.1) is 11.8 Å². The van der Waals surface area contributed by atoms with Gasteiger partial charge in [0.2, 0.25) is 0 Å². The number of hydrogen-bond acceptors (Lipinski definition) is 1. The molecule has 78 valence electrons. The highest BCUT2D eigenvalue weighted by atomic mass is 14.9. The first-order valence-electron chi connectivity index (χ1n) is 6.03. The first-order valence-corrected chi connectivity index (χ1v) is 6.03. The van der Waals surface area contributed by atoms with Gasteiger partial charge in [0.05, 0.1) is 0 Å². The van der Waals surface area contributed by atoms with E-state index in [9.17, 15) is 0 Å². The lowest BCUT2D eigenvalue weighted by atomic mass is 9.88. The maximum absolute atomic E-state index is 3.53. The van der Waals surface area contributed by atoms with E-state index in [0.717, 1.165) is 11.8 Å². The molecule has 1 heteroatoms. The summed E-state index contributed by atoms with van der Waals surface area (Å²) < 4.78 is 0. The van der Waals surface area contributed by atoms with E-state index in [-0.39, 0.29) is 0 Å². The van der Waals surface area contributed by atoms with Crippen LogP contribution >= 0.6 is 0 Å². The topological polar surface area (TPSA) is 12.0 Å². The molecule has 0 aromatic carbocycles. The van der Waals surface area contributed by atoms with E-state index < -0.39 is 0 Å².